The van der Waals surface area contributed by atoms with E-state index in [0.29, 0.717) is 24.3 Å². The second-order valence-electron chi connectivity index (χ2n) is 4.83. The first-order valence-electron chi connectivity index (χ1n) is 7.33. The van der Waals surface area contributed by atoms with Gasteiger partial charge in [-0.15, -0.1) is 0 Å². The molecule has 21 heavy (non-hydrogen) atoms. The molecule has 0 aliphatic rings. The Bertz CT molecular complexity index is 476. The van der Waals surface area contributed by atoms with Gasteiger partial charge in [0.15, 0.2) is 0 Å². The number of pyridine rings is 1. The van der Waals surface area contributed by atoms with E-state index in [1.54, 1.807) is 18.5 Å². The fourth-order valence-corrected chi connectivity index (χ4v) is 1.76. The molecule has 0 aliphatic heterocycles. The summed E-state index contributed by atoms with van der Waals surface area (Å²) in [6.07, 6.45) is 4.36. The molecule has 1 heterocycles. The third-order valence-electron chi connectivity index (χ3n) is 3.09. The number of carbonyl (C=O) groups is 2. The van der Waals surface area contributed by atoms with Crippen molar-refractivity contribution < 1.29 is 9.59 Å². The molecule has 0 bridgehead atoms. The van der Waals surface area contributed by atoms with Crippen molar-refractivity contribution in [3.8, 4) is 0 Å². The highest BCUT2D eigenvalue weighted by Gasteiger charge is 2.11. The third kappa shape index (κ3) is 5.81. The fourth-order valence-electron chi connectivity index (χ4n) is 1.76. The zero-order valence-electron chi connectivity index (χ0n) is 12.9. The third-order valence-corrected chi connectivity index (χ3v) is 3.09. The predicted molar refractivity (Wildman–Crippen MR) is 83.2 cm³/mol. The number of hydrogen-bond acceptors (Lipinski definition) is 4. The van der Waals surface area contributed by atoms with Crippen LogP contribution in [0.15, 0.2) is 18.5 Å². The van der Waals surface area contributed by atoms with E-state index in [4.69, 9.17) is 0 Å². The van der Waals surface area contributed by atoms with Crippen LogP contribution in [-0.2, 0) is 4.79 Å². The van der Waals surface area contributed by atoms with Gasteiger partial charge in [-0.1, -0.05) is 6.92 Å². The monoisotopic (exact) mass is 292 g/mol. The zero-order chi connectivity index (χ0) is 15.7. The minimum absolute atomic E-state index is 0.0497. The molecule has 6 nitrogen and oxygen atoms in total. The summed E-state index contributed by atoms with van der Waals surface area (Å²) in [5.41, 5.74) is 1.23. The van der Waals surface area contributed by atoms with Crippen LogP contribution in [0.1, 0.15) is 44.0 Å². The smallest absolute Gasteiger partial charge is 0.253 e. The average Bonchev–Trinajstić information content (AvgIpc) is 2.47. The van der Waals surface area contributed by atoms with E-state index in [9.17, 15) is 9.59 Å². The van der Waals surface area contributed by atoms with E-state index < -0.39 is 0 Å². The molecule has 0 saturated carbocycles. The first-order chi connectivity index (χ1) is 10.1. The molecule has 0 aliphatic carbocycles. The molecule has 1 unspecified atom stereocenters. The lowest BCUT2D eigenvalue weighted by Gasteiger charge is -2.12. The molecule has 0 aromatic carbocycles. The summed E-state index contributed by atoms with van der Waals surface area (Å²) in [5, 5.41) is 8.70. The van der Waals surface area contributed by atoms with Gasteiger partial charge in [0, 0.05) is 31.7 Å². The first kappa shape index (κ1) is 16.9. The Hall–Kier alpha value is -2.11. The van der Waals surface area contributed by atoms with Crippen LogP contribution in [0, 0.1) is 0 Å². The Morgan fingerprint density at radius 2 is 2.10 bits per heavy atom. The van der Waals surface area contributed by atoms with Gasteiger partial charge >= 0.3 is 0 Å². The minimum Gasteiger partial charge on any atom is -0.383 e. The Labute approximate surface area is 125 Å². The van der Waals surface area contributed by atoms with Crippen molar-refractivity contribution >= 4 is 17.5 Å². The maximum atomic E-state index is 12.1. The number of aromatic nitrogens is 1. The summed E-state index contributed by atoms with van der Waals surface area (Å²) in [5.74, 6) is -0.254. The summed E-state index contributed by atoms with van der Waals surface area (Å²) in [7, 11) is 0. The van der Waals surface area contributed by atoms with E-state index in [1.165, 1.54) is 0 Å². The molecule has 1 aromatic rings. The number of rotatable bonds is 8. The number of carbonyl (C=O) groups excluding carboxylic acids is 2. The SMILES string of the molecule is CCNc1cnccc1C(=O)NCCC(=O)NC(C)CC. The van der Waals surface area contributed by atoms with E-state index >= 15 is 0 Å². The van der Waals surface area contributed by atoms with Crippen molar-refractivity contribution in [2.45, 2.75) is 39.7 Å². The molecule has 1 atom stereocenters. The Balaban J connectivity index is 2.46. The second-order valence-corrected chi connectivity index (χ2v) is 4.83. The van der Waals surface area contributed by atoms with E-state index in [1.807, 2.05) is 20.8 Å². The van der Waals surface area contributed by atoms with Gasteiger partial charge in [-0.25, -0.2) is 0 Å². The van der Waals surface area contributed by atoms with Crippen LogP contribution >= 0.6 is 0 Å². The van der Waals surface area contributed by atoms with Gasteiger partial charge < -0.3 is 16.0 Å². The highest BCUT2D eigenvalue weighted by molar-refractivity contribution is 5.99. The predicted octanol–water partition coefficient (Wildman–Crippen LogP) is 1.55. The van der Waals surface area contributed by atoms with Gasteiger partial charge in [0.1, 0.15) is 0 Å². The van der Waals surface area contributed by atoms with E-state index in [-0.39, 0.29) is 24.3 Å². The molecule has 6 heteroatoms. The van der Waals surface area contributed by atoms with Crippen LogP contribution < -0.4 is 16.0 Å². The zero-order valence-corrected chi connectivity index (χ0v) is 12.9. The standard InChI is InChI=1S/C15H24N4O2/c1-4-11(3)19-14(20)7-9-18-15(21)12-6-8-16-10-13(12)17-5-2/h6,8,10-11,17H,4-5,7,9H2,1-3H3,(H,18,21)(H,19,20). The number of hydrogen-bond donors (Lipinski definition) is 3. The Morgan fingerprint density at radius 3 is 2.76 bits per heavy atom. The van der Waals surface area contributed by atoms with E-state index in [0.717, 1.165) is 6.42 Å². The maximum absolute atomic E-state index is 12.1. The molecule has 116 valence electrons. The van der Waals surface area contributed by atoms with Crippen molar-refractivity contribution in [1.82, 2.24) is 15.6 Å². The van der Waals surface area contributed by atoms with Crippen LogP contribution in [0.25, 0.3) is 0 Å². The summed E-state index contributed by atoms with van der Waals surface area (Å²) >= 11 is 0. The Morgan fingerprint density at radius 1 is 1.33 bits per heavy atom. The first-order valence-corrected chi connectivity index (χ1v) is 7.33. The van der Waals surface area contributed by atoms with Gasteiger partial charge in [-0.3, -0.25) is 14.6 Å². The summed E-state index contributed by atoms with van der Waals surface area (Å²) in [4.78, 5) is 27.7. The van der Waals surface area contributed by atoms with Gasteiger partial charge in [0.05, 0.1) is 17.4 Å². The van der Waals surface area contributed by atoms with Gasteiger partial charge in [0.25, 0.3) is 5.91 Å². The quantitative estimate of drug-likeness (QED) is 0.679. The summed E-state index contributed by atoms with van der Waals surface area (Å²) in [6, 6.07) is 1.82. The number of amides is 2. The second kappa shape index (κ2) is 8.94. The van der Waals surface area contributed by atoms with Crippen LogP contribution in [0.5, 0.6) is 0 Å². The van der Waals surface area contributed by atoms with Crippen molar-refractivity contribution in [2.75, 3.05) is 18.4 Å². The molecule has 1 aromatic heterocycles. The average molecular weight is 292 g/mol. The van der Waals surface area contributed by atoms with Crippen LogP contribution in [0.3, 0.4) is 0 Å². The minimum atomic E-state index is -0.204. The number of nitrogens with zero attached hydrogens (tertiary/aromatic N) is 1. The van der Waals surface area contributed by atoms with Gasteiger partial charge in [-0.2, -0.15) is 0 Å². The highest BCUT2D eigenvalue weighted by Crippen LogP contribution is 2.12. The van der Waals surface area contributed by atoms with Crippen molar-refractivity contribution in [2.24, 2.45) is 0 Å². The molecular weight excluding hydrogens is 268 g/mol. The maximum Gasteiger partial charge on any atom is 0.253 e. The fraction of sp³-hybridized carbons (Fsp3) is 0.533. The van der Waals surface area contributed by atoms with Gasteiger partial charge in [0.2, 0.25) is 5.91 Å². The largest absolute Gasteiger partial charge is 0.383 e. The normalized spacial score (nSPS) is 11.6. The Kier molecular flexibility index (Phi) is 7.21. The number of nitrogens with one attached hydrogen (secondary N) is 3. The summed E-state index contributed by atoms with van der Waals surface area (Å²) < 4.78 is 0. The van der Waals surface area contributed by atoms with Crippen LogP contribution in [0.4, 0.5) is 5.69 Å². The molecule has 0 fully saturated rings. The molecule has 0 radical (unpaired) electrons. The van der Waals surface area contributed by atoms with Crippen molar-refractivity contribution in [3.05, 3.63) is 24.0 Å². The molecule has 0 spiro atoms. The molecule has 1 rings (SSSR count). The number of anilines is 1. The topological polar surface area (TPSA) is 83.1 Å². The lowest BCUT2D eigenvalue weighted by atomic mass is 10.2. The highest BCUT2D eigenvalue weighted by atomic mass is 16.2. The van der Waals surface area contributed by atoms with E-state index in [2.05, 4.69) is 20.9 Å². The molecule has 2 amide bonds. The van der Waals surface area contributed by atoms with Crippen LogP contribution in [0.2, 0.25) is 0 Å². The lowest BCUT2D eigenvalue weighted by molar-refractivity contribution is -0.121. The molecule has 0 saturated heterocycles. The molecular formula is C15H24N4O2. The molecule has 3 N–H and O–H groups in total. The van der Waals surface area contributed by atoms with Crippen molar-refractivity contribution in [3.63, 3.8) is 0 Å². The summed E-state index contributed by atoms with van der Waals surface area (Å²) in [6.45, 7) is 6.95. The van der Waals surface area contributed by atoms with Gasteiger partial charge in [-0.05, 0) is 26.3 Å². The van der Waals surface area contributed by atoms with Crippen molar-refractivity contribution in [1.29, 1.82) is 0 Å². The lowest BCUT2D eigenvalue weighted by Crippen LogP contribution is -2.35. The van der Waals surface area contributed by atoms with Crippen LogP contribution in [-0.4, -0.2) is 35.9 Å².